The summed E-state index contributed by atoms with van der Waals surface area (Å²) in [5.41, 5.74) is 1.35. The Kier molecular flexibility index (Phi) is 10.3. The molecule has 1 aromatic carbocycles. The second kappa shape index (κ2) is 12.8. The van der Waals surface area contributed by atoms with Crippen LogP contribution in [0.2, 0.25) is 0 Å². The minimum atomic E-state index is 0.344. The first-order valence-electron chi connectivity index (χ1n) is 10.9. The Bertz CT molecular complexity index is 549. The zero-order valence-corrected chi connectivity index (χ0v) is 18.3. The number of piperazine rings is 1. The van der Waals surface area contributed by atoms with Crippen LogP contribution in [0, 0.1) is 0 Å². The Hall–Kier alpha value is -1.63. The summed E-state index contributed by atoms with van der Waals surface area (Å²) in [5.74, 6) is 0.889. The summed E-state index contributed by atoms with van der Waals surface area (Å²) in [5, 5.41) is 7.03. The van der Waals surface area contributed by atoms with E-state index in [0.717, 1.165) is 45.2 Å². The second-order valence-corrected chi connectivity index (χ2v) is 7.30. The molecule has 1 heterocycles. The first-order chi connectivity index (χ1) is 13.7. The van der Waals surface area contributed by atoms with Crippen LogP contribution in [0.25, 0.3) is 0 Å². The van der Waals surface area contributed by atoms with Crippen molar-refractivity contribution in [3.8, 4) is 0 Å². The van der Waals surface area contributed by atoms with E-state index in [0.29, 0.717) is 6.04 Å². The maximum absolute atomic E-state index is 4.42. The largest absolute Gasteiger partial charge is 0.355 e. The van der Waals surface area contributed by atoms with E-state index < -0.39 is 0 Å². The van der Waals surface area contributed by atoms with Crippen LogP contribution in [0.1, 0.15) is 32.4 Å². The highest BCUT2D eigenvalue weighted by atomic mass is 15.3. The highest BCUT2D eigenvalue weighted by molar-refractivity contribution is 5.79. The van der Waals surface area contributed by atoms with Gasteiger partial charge in [0.25, 0.3) is 0 Å². The standard InChI is InChI=1S/C22H40N6/c1-5-26-15-17-27(18-16-26)14-13-24-22(23-4)25-19-21(28(6-2)7-3)20-11-9-8-10-12-20/h8-12,21H,5-7,13-19H2,1-4H3,(H2,23,24,25). The Balaban J connectivity index is 1.80. The minimum Gasteiger partial charge on any atom is -0.355 e. The lowest BCUT2D eigenvalue weighted by Gasteiger charge is -2.34. The maximum Gasteiger partial charge on any atom is 0.191 e. The molecule has 158 valence electrons. The average molecular weight is 389 g/mol. The molecule has 1 aromatic rings. The molecule has 1 saturated heterocycles. The molecule has 0 radical (unpaired) electrons. The van der Waals surface area contributed by atoms with Gasteiger partial charge in [0.1, 0.15) is 0 Å². The fourth-order valence-electron chi connectivity index (χ4n) is 3.87. The first kappa shape index (κ1) is 22.7. The summed E-state index contributed by atoms with van der Waals surface area (Å²) in [7, 11) is 1.85. The monoisotopic (exact) mass is 388 g/mol. The zero-order chi connectivity index (χ0) is 20.2. The number of nitrogens with zero attached hydrogens (tertiary/aromatic N) is 4. The van der Waals surface area contributed by atoms with E-state index in [9.17, 15) is 0 Å². The maximum atomic E-state index is 4.42. The number of rotatable bonds is 10. The molecule has 0 aromatic heterocycles. The Morgan fingerprint density at radius 3 is 2.21 bits per heavy atom. The summed E-state index contributed by atoms with van der Waals surface area (Å²) in [6.07, 6.45) is 0. The molecule has 0 spiro atoms. The van der Waals surface area contributed by atoms with Crippen molar-refractivity contribution in [1.29, 1.82) is 0 Å². The number of aliphatic imine (C=N–C) groups is 1. The van der Waals surface area contributed by atoms with Gasteiger partial charge in [-0.2, -0.15) is 0 Å². The van der Waals surface area contributed by atoms with Crippen molar-refractivity contribution in [2.75, 3.05) is 72.5 Å². The third-order valence-corrected chi connectivity index (χ3v) is 5.76. The predicted octanol–water partition coefficient (Wildman–Crippen LogP) is 1.87. The molecule has 6 nitrogen and oxygen atoms in total. The summed E-state index contributed by atoms with van der Waals surface area (Å²) in [6, 6.07) is 11.1. The van der Waals surface area contributed by atoms with Crippen molar-refractivity contribution < 1.29 is 0 Å². The normalized spacial score (nSPS) is 17.7. The van der Waals surface area contributed by atoms with Gasteiger partial charge in [0.2, 0.25) is 0 Å². The van der Waals surface area contributed by atoms with Crippen LogP contribution in [0.5, 0.6) is 0 Å². The second-order valence-electron chi connectivity index (χ2n) is 7.30. The lowest BCUT2D eigenvalue weighted by molar-refractivity contribution is 0.139. The average Bonchev–Trinajstić information content (AvgIpc) is 2.76. The molecule has 0 aliphatic carbocycles. The molecule has 1 atom stereocenters. The van der Waals surface area contributed by atoms with E-state index in [1.165, 1.54) is 31.7 Å². The quantitative estimate of drug-likeness (QED) is 0.473. The van der Waals surface area contributed by atoms with Crippen molar-refractivity contribution in [2.24, 2.45) is 4.99 Å². The number of nitrogens with one attached hydrogen (secondary N) is 2. The summed E-state index contributed by atoms with van der Waals surface area (Å²) in [6.45, 7) is 17.5. The lowest BCUT2D eigenvalue weighted by atomic mass is 10.1. The van der Waals surface area contributed by atoms with Gasteiger partial charge in [0, 0.05) is 52.9 Å². The van der Waals surface area contributed by atoms with Crippen molar-refractivity contribution in [3.63, 3.8) is 0 Å². The van der Waals surface area contributed by atoms with Crippen molar-refractivity contribution in [1.82, 2.24) is 25.3 Å². The van der Waals surface area contributed by atoms with Gasteiger partial charge >= 0.3 is 0 Å². The molecule has 0 saturated carbocycles. The zero-order valence-electron chi connectivity index (χ0n) is 18.3. The minimum absolute atomic E-state index is 0.344. The highest BCUT2D eigenvalue weighted by Gasteiger charge is 2.18. The van der Waals surface area contributed by atoms with Crippen LogP contribution >= 0.6 is 0 Å². The van der Waals surface area contributed by atoms with Crippen LogP contribution < -0.4 is 10.6 Å². The number of hydrogen-bond donors (Lipinski definition) is 2. The van der Waals surface area contributed by atoms with Crippen LogP contribution in [0.4, 0.5) is 0 Å². The molecular weight excluding hydrogens is 348 g/mol. The van der Waals surface area contributed by atoms with Gasteiger partial charge in [-0.1, -0.05) is 51.1 Å². The number of guanidine groups is 1. The van der Waals surface area contributed by atoms with Crippen molar-refractivity contribution in [2.45, 2.75) is 26.8 Å². The number of benzene rings is 1. The summed E-state index contributed by atoms with van der Waals surface area (Å²) >= 11 is 0. The van der Waals surface area contributed by atoms with Gasteiger partial charge in [0.15, 0.2) is 5.96 Å². The van der Waals surface area contributed by atoms with Crippen LogP contribution in [-0.4, -0.2) is 93.2 Å². The molecule has 1 fully saturated rings. The molecule has 2 rings (SSSR count). The first-order valence-corrected chi connectivity index (χ1v) is 10.9. The Morgan fingerprint density at radius 1 is 1.00 bits per heavy atom. The van der Waals surface area contributed by atoms with Gasteiger partial charge in [-0.15, -0.1) is 0 Å². The molecule has 1 aliphatic heterocycles. The molecule has 1 aliphatic rings. The van der Waals surface area contributed by atoms with E-state index in [1.807, 2.05) is 7.05 Å². The third-order valence-electron chi connectivity index (χ3n) is 5.76. The SMILES string of the molecule is CCN1CCN(CCNC(=NC)NCC(c2ccccc2)N(CC)CC)CC1. The van der Waals surface area contributed by atoms with Crippen molar-refractivity contribution in [3.05, 3.63) is 35.9 Å². The van der Waals surface area contributed by atoms with Gasteiger partial charge in [0.05, 0.1) is 6.04 Å². The molecule has 28 heavy (non-hydrogen) atoms. The molecule has 1 unspecified atom stereocenters. The number of hydrogen-bond acceptors (Lipinski definition) is 4. The third kappa shape index (κ3) is 7.08. The van der Waals surface area contributed by atoms with Crippen LogP contribution in [-0.2, 0) is 0 Å². The summed E-state index contributed by atoms with van der Waals surface area (Å²) in [4.78, 5) is 12.0. The van der Waals surface area contributed by atoms with E-state index in [4.69, 9.17) is 0 Å². The van der Waals surface area contributed by atoms with Gasteiger partial charge < -0.3 is 15.5 Å². The van der Waals surface area contributed by atoms with E-state index >= 15 is 0 Å². The summed E-state index contributed by atoms with van der Waals surface area (Å²) < 4.78 is 0. The number of likely N-dealkylation sites (N-methyl/N-ethyl adjacent to an activating group) is 2. The van der Waals surface area contributed by atoms with Gasteiger partial charge in [-0.25, -0.2) is 0 Å². The Labute approximate surface area is 172 Å². The molecule has 2 N–H and O–H groups in total. The molecule has 6 heteroatoms. The smallest absolute Gasteiger partial charge is 0.191 e. The van der Waals surface area contributed by atoms with E-state index in [2.05, 4.69) is 81.4 Å². The fourth-order valence-corrected chi connectivity index (χ4v) is 3.87. The molecule has 0 amide bonds. The van der Waals surface area contributed by atoms with Crippen LogP contribution in [0.15, 0.2) is 35.3 Å². The molecular formula is C22H40N6. The molecule has 0 bridgehead atoms. The highest BCUT2D eigenvalue weighted by Crippen LogP contribution is 2.19. The topological polar surface area (TPSA) is 46.1 Å². The van der Waals surface area contributed by atoms with E-state index in [-0.39, 0.29) is 0 Å². The van der Waals surface area contributed by atoms with Crippen molar-refractivity contribution >= 4 is 5.96 Å². The fraction of sp³-hybridized carbons (Fsp3) is 0.682. The van der Waals surface area contributed by atoms with Crippen LogP contribution in [0.3, 0.4) is 0 Å². The van der Waals surface area contributed by atoms with E-state index in [1.54, 1.807) is 0 Å². The lowest BCUT2D eigenvalue weighted by Crippen LogP contribution is -2.49. The predicted molar refractivity (Wildman–Crippen MR) is 120 cm³/mol. The van der Waals surface area contributed by atoms with Gasteiger partial charge in [-0.3, -0.25) is 14.8 Å². The Morgan fingerprint density at radius 2 is 1.64 bits per heavy atom. The van der Waals surface area contributed by atoms with Gasteiger partial charge in [-0.05, 0) is 25.2 Å².